The fourth-order valence-electron chi connectivity index (χ4n) is 1.25. The van der Waals surface area contributed by atoms with Crippen LogP contribution in [0.3, 0.4) is 0 Å². The molecular weight excluding hydrogens is 270 g/mol. The molecule has 0 heterocycles. The maximum atomic E-state index is 12.7. The van der Waals surface area contributed by atoms with Gasteiger partial charge in [0, 0.05) is 5.56 Å². The van der Waals surface area contributed by atoms with E-state index < -0.39 is 10.6 Å². The number of carbonyl (C=O) groups excluding carboxylic acids is 1. The second-order valence-corrected chi connectivity index (χ2v) is 4.28. The van der Waals surface area contributed by atoms with Crippen molar-refractivity contribution in [2.45, 2.75) is 18.7 Å². The van der Waals surface area contributed by atoms with Gasteiger partial charge in [-0.1, -0.05) is 0 Å². The van der Waals surface area contributed by atoms with Crippen LogP contribution in [0.5, 0.6) is 5.75 Å². The molecule has 0 radical (unpaired) electrons. The predicted molar refractivity (Wildman–Crippen MR) is 55.8 cm³/mol. The van der Waals surface area contributed by atoms with Crippen LogP contribution in [0.15, 0.2) is 12.1 Å². The molecule has 1 N–H and O–H groups in total. The number of alkyl halides is 3. The molecule has 0 saturated carbocycles. The van der Waals surface area contributed by atoms with Crippen LogP contribution in [0.4, 0.5) is 8.78 Å². The van der Waals surface area contributed by atoms with E-state index in [4.69, 9.17) is 0 Å². The number of Topliss-reactive ketones (excluding diaryl/α,β-unsaturated/α-hetero) is 1. The van der Waals surface area contributed by atoms with Crippen molar-refractivity contribution in [1.29, 1.82) is 0 Å². The van der Waals surface area contributed by atoms with Gasteiger partial charge in [0.15, 0.2) is 0 Å². The fourth-order valence-corrected chi connectivity index (χ4v) is 1.48. The van der Waals surface area contributed by atoms with Crippen molar-refractivity contribution in [3.63, 3.8) is 0 Å². The minimum atomic E-state index is -3.57. The molecule has 5 heteroatoms. The largest absolute Gasteiger partial charge is 0.507 e. The number of hydrogen-bond acceptors (Lipinski definition) is 2. The molecule has 0 bridgehead atoms. The topological polar surface area (TPSA) is 37.3 Å². The summed E-state index contributed by atoms with van der Waals surface area (Å²) >= 11 is 2.00. The van der Waals surface area contributed by atoms with Gasteiger partial charge in [0.05, 0.1) is 0 Å². The minimum Gasteiger partial charge on any atom is -0.507 e. The molecule has 1 rings (SSSR count). The van der Waals surface area contributed by atoms with Gasteiger partial charge in [0.2, 0.25) is 5.78 Å². The molecule has 1 aromatic rings. The Morgan fingerprint density at radius 1 is 1.33 bits per heavy atom. The molecule has 2 nitrogen and oxygen atoms in total. The Bertz CT molecular complexity index is 387. The van der Waals surface area contributed by atoms with Gasteiger partial charge in [0.1, 0.15) is 5.75 Å². The average molecular weight is 279 g/mol. The van der Waals surface area contributed by atoms with Crippen molar-refractivity contribution in [1.82, 2.24) is 0 Å². The van der Waals surface area contributed by atoms with Crippen LogP contribution in [-0.2, 0) is 0 Å². The maximum absolute atomic E-state index is 12.7. The second kappa shape index (κ2) is 3.89. The Hall–Kier alpha value is -0.970. The van der Waals surface area contributed by atoms with Gasteiger partial charge in [-0.25, -0.2) is 0 Å². The lowest BCUT2D eigenvalue weighted by Crippen LogP contribution is -2.20. The first kappa shape index (κ1) is 12.1. The maximum Gasteiger partial charge on any atom is 0.363 e. The number of halogens is 3. The van der Waals surface area contributed by atoms with E-state index in [-0.39, 0.29) is 11.3 Å². The Morgan fingerprint density at radius 2 is 1.73 bits per heavy atom. The van der Waals surface area contributed by atoms with Crippen LogP contribution in [0.1, 0.15) is 21.5 Å². The summed E-state index contributed by atoms with van der Waals surface area (Å²) in [6, 6.07) is 2.47. The van der Waals surface area contributed by atoms with Gasteiger partial charge in [-0.3, -0.25) is 4.79 Å². The van der Waals surface area contributed by atoms with E-state index in [1.807, 2.05) is 15.9 Å². The van der Waals surface area contributed by atoms with E-state index >= 15 is 0 Å². The van der Waals surface area contributed by atoms with Crippen molar-refractivity contribution in [2.75, 3.05) is 0 Å². The fraction of sp³-hybridized carbons (Fsp3) is 0.300. The Morgan fingerprint density at radius 3 is 2.07 bits per heavy atom. The third-order valence-electron chi connectivity index (χ3n) is 2.01. The van der Waals surface area contributed by atoms with Gasteiger partial charge >= 0.3 is 4.83 Å². The van der Waals surface area contributed by atoms with Crippen molar-refractivity contribution >= 4 is 21.7 Å². The predicted octanol–water partition coefficient (Wildman–Crippen LogP) is 3.18. The van der Waals surface area contributed by atoms with Crippen LogP contribution in [0.2, 0.25) is 0 Å². The van der Waals surface area contributed by atoms with Gasteiger partial charge in [0.25, 0.3) is 0 Å². The summed E-state index contributed by atoms with van der Waals surface area (Å²) in [6.45, 7) is 3.09. The molecule has 0 amide bonds. The summed E-state index contributed by atoms with van der Waals surface area (Å²) < 4.78 is 25.3. The van der Waals surface area contributed by atoms with Crippen LogP contribution >= 0.6 is 15.9 Å². The molecule has 0 atom stereocenters. The van der Waals surface area contributed by atoms with E-state index in [1.165, 1.54) is 12.1 Å². The SMILES string of the molecule is Cc1cc(C(=O)C(F)(F)Br)cc(C)c1O. The van der Waals surface area contributed by atoms with Gasteiger partial charge < -0.3 is 5.11 Å². The first-order valence-corrected chi connectivity index (χ1v) is 4.94. The quantitative estimate of drug-likeness (QED) is 0.667. The molecule has 0 aromatic heterocycles. The van der Waals surface area contributed by atoms with Crippen LogP contribution < -0.4 is 0 Å². The molecule has 0 fully saturated rings. The summed E-state index contributed by atoms with van der Waals surface area (Å²) in [5, 5.41) is 9.40. The number of ketones is 1. The summed E-state index contributed by atoms with van der Waals surface area (Å²) in [5.41, 5.74) is 0.676. The molecule has 0 unspecified atom stereocenters. The van der Waals surface area contributed by atoms with E-state index in [1.54, 1.807) is 13.8 Å². The highest BCUT2D eigenvalue weighted by molar-refractivity contribution is 9.10. The summed E-state index contributed by atoms with van der Waals surface area (Å²) in [4.78, 5) is 7.64. The number of carbonyl (C=O) groups is 1. The Labute approximate surface area is 94.0 Å². The number of aryl methyl sites for hydroxylation is 2. The zero-order chi connectivity index (χ0) is 11.8. The van der Waals surface area contributed by atoms with Crippen molar-refractivity contribution in [3.05, 3.63) is 28.8 Å². The lowest BCUT2D eigenvalue weighted by Gasteiger charge is -2.10. The van der Waals surface area contributed by atoms with E-state index in [0.29, 0.717) is 11.1 Å². The van der Waals surface area contributed by atoms with E-state index in [2.05, 4.69) is 0 Å². The first-order chi connectivity index (χ1) is 6.73. The highest BCUT2D eigenvalue weighted by Crippen LogP contribution is 2.30. The Kier molecular flexibility index (Phi) is 3.13. The summed E-state index contributed by atoms with van der Waals surface area (Å²) in [6.07, 6.45) is 0. The average Bonchev–Trinajstić information content (AvgIpc) is 2.10. The summed E-state index contributed by atoms with van der Waals surface area (Å²) in [5.74, 6) is -1.29. The molecule has 15 heavy (non-hydrogen) atoms. The molecule has 0 saturated heterocycles. The number of rotatable bonds is 2. The van der Waals surface area contributed by atoms with Gasteiger partial charge in [-0.05, 0) is 53.0 Å². The minimum absolute atomic E-state index is 0.0180. The molecule has 1 aromatic carbocycles. The third kappa shape index (κ3) is 2.53. The highest BCUT2D eigenvalue weighted by Gasteiger charge is 2.36. The standard InChI is InChI=1S/C10H9BrF2O2/c1-5-3-7(4-6(2)8(5)14)9(15)10(11,12)13/h3-4,14H,1-2H3. The number of aromatic hydroxyl groups is 1. The van der Waals surface area contributed by atoms with Crippen LogP contribution in [0, 0.1) is 13.8 Å². The normalized spacial score (nSPS) is 11.5. The molecule has 82 valence electrons. The zero-order valence-corrected chi connectivity index (χ0v) is 9.73. The zero-order valence-electron chi connectivity index (χ0n) is 8.14. The lowest BCUT2D eigenvalue weighted by molar-refractivity contribution is 0.0592. The third-order valence-corrected chi connectivity index (χ3v) is 2.37. The first-order valence-electron chi connectivity index (χ1n) is 4.15. The molecular formula is C10H9BrF2O2. The lowest BCUT2D eigenvalue weighted by atomic mass is 10.0. The highest BCUT2D eigenvalue weighted by atomic mass is 79.9. The number of hydrogen-bond donors (Lipinski definition) is 1. The van der Waals surface area contributed by atoms with E-state index in [0.717, 1.165) is 0 Å². The van der Waals surface area contributed by atoms with Crippen molar-refractivity contribution < 1.29 is 18.7 Å². The van der Waals surface area contributed by atoms with E-state index in [9.17, 15) is 18.7 Å². The molecule has 0 aliphatic heterocycles. The smallest absolute Gasteiger partial charge is 0.363 e. The van der Waals surface area contributed by atoms with Crippen LogP contribution in [-0.4, -0.2) is 15.7 Å². The number of phenolic OH excluding ortho intramolecular Hbond substituents is 1. The van der Waals surface area contributed by atoms with Crippen LogP contribution in [0.25, 0.3) is 0 Å². The number of benzene rings is 1. The Balaban J connectivity index is 3.24. The monoisotopic (exact) mass is 278 g/mol. The number of phenols is 1. The van der Waals surface area contributed by atoms with Gasteiger partial charge in [-0.15, -0.1) is 0 Å². The summed E-state index contributed by atoms with van der Waals surface area (Å²) in [7, 11) is 0. The molecule has 0 aliphatic carbocycles. The molecule has 0 spiro atoms. The molecule has 0 aliphatic rings. The second-order valence-electron chi connectivity index (χ2n) is 3.29. The van der Waals surface area contributed by atoms with Crippen molar-refractivity contribution in [3.8, 4) is 5.75 Å². The van der Waals surface area contributed by atoms with Crippen molar-refractivity contribution in [2.24, 2.45) is 0 Å². The van der Waals surface area contributed by atoms with Gasteiger partial charge in [-0.2, -0.15) is 8.78 Å².